The predicted octanol–water partition coefficient (Wildman–Crippen LogP) is 2.19. The van der Waals surface area contributed by atoms with E-state index in [2.05, 4.69) is 16.0 Å². The SMILES string of the molecule is CC(C)Nc1ccc(F)cc1NC(=O)C1CCNC1. The maximum absolute atomic E-state index is 13.3. The topological polar surface area (TPSA) is 53.2 Å². The molecule has 0 spiro atoms. The molecular formula is C14H20FN3O. The zero-order valence-corrected chi connectivity index (χ0v) is 11.3. The van der Waals surface area contributed by atoms with Crippen molar-refractivity contribution in [1.82, 2.24) is 5.32 Å². The van der Waals surface area contributed by atoms with Crippen LogP contribution in [0.1, 0.15) is 20.3 Å². The highest BCUT2D eigenvalue weighted by atomic mass is 19.1. The Morgan fingerprint density at radius 2 is 2.21 bits per heavy atom. The summed E-state index contributed by atoms with van der Waals surface area (Å²) >= 11 is 0. The molecule has 0 bridgehead atoms. The van der Waals surface area contributed by atoms with Crippen LogP contribution in [0.5, 0.6) is 0 Å². The van der Waals surface area contributed by atoms with Gasteiger partial charge in [0.25, 0.3) is 0 Å². The van der Waals surface area contributed by atoms with Gasteiger partial charge in [-0.15, -0.1) is 0 Å². The lowest BCUT2D eigenvalue weighted by Crippen LogP contribution is -2.25. The number of anilines is 2. The number of halogens is 1. The van der Waals surface area contributed by atoms with E-state index in [1.165, 1.54) is 12.1 Å². The number of carbonyl (C=O) groups is 1. The molecule has 4 nitrogen and oxygen atoms in total. The molecule has 104 valence electrons. The molecule has 2 rings (SSSR count). The van der Waals surface area contributed by atoms with Gasteiger partial charge in [0, 0.05) is 12.6 Å². The molecule has 1 atom stereocenters. The summed E-state index contributed by atoms with van der Waals surface area (Å²) in [6, 6.07) is 4.61. The Balaban J connectivity index is 2.12. The number of amides is 1. The molecule has 1 unspecified atom stereocenters. The number of carbonyl (C=O) groups excluding carboxylic acids is 1. The molecule has 1 aromatic carbocycles. The number of hydrogen-bond acceptors (Lipinski definition) is 3. The predicted molar refractivity (Wildman–Crippen MR) is 74.8 cm³/mol. The van der Waals surface area contributed by atoms with Crippen LogP contribution >= 0.6 is 0 Å². The zero-order chi connectivity index (χ0) is 13.8. The summed E-state index contributed by atoms with van der Waals surface area (Å²) < 4.78 is 13.3. The highest BCUT2D eigenvalue weighted by molar-refractivity contribution is 5.96. The molecule has 0 radical (unpaired) electrons. The average molecular weight is 265 g/mol. The number of rotatable bonds is 4. The molecule has 1 aliphatic rings. The van der Waals surface area contributed by atoms with Crippen LogP contribution in [-0.4, -0.2) is 25.0 Å². The normalized spacial score (nSPS) is 18.6. The van der Waals surface area contributed by atoms with E-state index in [0.717, 1.165) is 18.7 Å². The Bertz CT molecular complexity index is 456. The number of benzene rings is 1. The molecule has 1 heterocycles. The summed E-state index contributed by atoms with van der Waals surface area (Å²) in [7, 11) is 0. The number of hydrogen-bond donors (Lipinski definition) is 3. The molecule has 1 amide bonds. The van der Waals surface area contributed by atoms with Gasteiger partial charge in [-0.2, -0.15) is 0 Å². The Morgan fingerprint density at radius 1 is 1.42 bits per heavy atom. The second-order valence-electron chi connectivity index (χ2n) is 5.17. The highest BCUT2D eigenvalue weighted by Crippen LogP contribution is 2.24. The van der Waals surface area contributed by atoms with Crippen molar-refractivity contribution >= 4 is 17.3 Å². The zero-order valence-electron chi connectivity index (χ0n) is 11.3. The van der Waals surface area contributed by atoms with Crippen molar-refractivity contribution in [2.24, 2.45) is 5.92 Å². The molecule has 0 aromatic heterocycles. The fourth-order valence-corrected chi connectivity index (χ4v) is 2.17. The summed E-state index contributed by atoms with van der Waals surface area (Å²) in [5.41, 5.74) is 1.25. The number of nitrogens with one attached hydrogen (secondary N) is 3. The van der Waals surface area contributed by atoms with Crippen molar-refractivity contribution < 1.29 is 9.18 Å². The van der Waals surface area contributed by atoms with E-state index in [0.29, 0.717) is 12.2 Å². The van der Waals surface area contributed by atoms with E-state index in [9.17, 15) is 9.18 Å². The van der Waals surface area contributed by atoms with Crippen molar-refractivity contribution in [2.45, 2.75) is 26.3 Å². The third-order valence-electron chi connectivity index (χ3n) is 3.11. The van der Waals surface area contributed by atoms with Crippen LogP contribution in [0.4, 0.5) is 15.8 Å². The maximum atomic E-state index is 13.3. The van der Waals surface area contributed by atoms with Gasteiger partial charge in [0.15, 0.2) is 0 Å². The van der Waals surface area contributed by atoms with Crippen molar-refractivity contribution in [3.63, 3.8) is 0 Å². The van der Waals surface area contributed by atoms with Crippen LogP contribution in [0.3, 0.4) is 0 Å². The lowest BCUT2D eigenvalue weighted by Gasteiger charge is -2.17. The van der Waals surface area contributed by atoms with Crippen LogP contribution < -0.4 is 16.0 Å². The standard InChI is InChI=1S/C14H20FN3O/c1-9(2)17-12-4-3-11(15)7-13(12)18-14(19)10-5-6-16-8-10/h3-4,7,9-10,16-17H,5-6,8H2,1-2H3,(H,18,19). The van der Waals surface area contributed by atoms with Crippen LogP contribution in [0.2, 0.25) is 0 Å². The van der Waals surface area contributed by atoms with Crippen molar-refractivity contribution in [2.75, 3.05) is 23.7 Å². The van der Waals surface area contributed by atoms with Gasteiger partial charge < -0.3 is 16.0 Å². The van der Waals surface area contributed by atoms with Gasteiger partial charge in [0.1, 0.15) is 5.82 Å². The average Bonchev–Trinajstić information content (AvgIpc) is 2.86. The minimum atomic E-state index is -0.353. The van der Waals surface area contributed by atoms with Crippen LogP contribution in [0.15, 0.2) is 18.2 Å². The second kappa shape index (κ2) is 6.02. The summed E-state index contributed by atoms with van der Waals surface area (Å²) in [5.74, 6) is -0.438. The van der Waals surface area contributed by atoms with E-state index in [1.807, 2.05) is 13.8 Å². The second-order valence-corrected chi connectivity index (χ2v) is 5.17. The third-order valence-corrected chi connectivity index (χ3v) is 3.11. The third kappa shape index (κ3) is 3.67. The summed E-state index contributed by atoms with van der Waals surface area (Å²) in [6.45, 7) is 5.54. The monoisotopic (exact) mass is 265 g/mol. The van der Waals surface area contributed by atoms with E-state index < -0.39 is 0 Å². The van der Waals surface area contributed by atoms with Crippen LogP contribution in [-0.2, 0) is 4.79 Å². The van der Waals surface area contributed by atoms with Gasteiger partial charge in [-0.05, 0) is 45.0 Å². The molecule has 1 aromatic rings. The minimum absolute atomic E-state index is 0.0323. The summed E-state index contributed by atoms with van der Waals surface area (Å²) in [6.07, 6.45) is 0.827. The largest absolute Gasteiger partial charge is 0.381 e. The molecule has 1 saturated heterocycles. The lowest BCUT2D eigenvalue weighted by molar-refractivity contribution is -0.119. The van der Waals surface area contributed by atoms with E-state index in [4.69, 9.17) is 0 Å². The summed E-state index contributed by atoms with van der Waals surface area (Å²) in [4.78, 5) is 12.1. The van der Waals surface area contributed by atoms with Gasteiger partial charge in [-0.25, -0.2) is 4.39 Å². The van der Waals surface area contributed by atoms with Crippen molar-refractivity contribution in [3.8, 4) is 0 Å². The fraction of sp³-hybridized carbons (Fsp3) is 0.500. The van der Waals surface area contributed by atoms with Crippen molar-refractivity contribution in [3.05, 3.63) is 24.0 Å². The first kappa shape index (κ1) is 13.8. The molecule has 0 saturated carbocycles. The van der Waals surface area contributed by atoms with E-state index >= 15 is 0 Å². The van der Waals surface area contributed by atoms with Crippen LogP contribution in [0, 0.1) is 11.7 Å². The maximum Gasteiger partial charge on any atom is 0.228 e. The van der Waals surface area contributed by atoms with Crippen molar-refractivity contribution in [1.29, 1.82) is 0 Å². The minimum Gasteiger partial charge on any atom is -0.381 e. The molecule has 1 fully saturated rings. The Kier molecular flexibility index (Phi) is 4.37. The molecule has 1 aliphatic heterocycles. The van der Waals surface area contributed by atoms with E-state index in [1.54, 1.807) is 6.07 Å². The first-order chi connectivity index (χ1) is 9.06. The molecule has 5 heteroatoms. The fourth-order valence-electron chi connectivity index (χ4n) is 2.17. The van der Waals surface area contributed by atoms with Crippen LogP contribution in [0.25, 0.3) is 0 Å². The first-order valence-corrected chi connectivity index (χ1v) is 6.64. The van der Waals surface area contributed by atoms with Gasteiger partial charge >= 0.3 is 0 Å². The lowest BCUT2D eigenvalue weighted by atomic mass is 10.1. The van der Waals surface area contributed by atoms with E-state index in [-0.39, 0.29) is 23.7 Å². The van der Waals surface area contributed by atoms with Gasteiger partial charge in [-0.1, -0.05) is 0 Å². The van der Waals surface area contributed by atoms with Gasteiger partial charge in [0.2, 0.25) is 5.91 Å². The van der Waals surface area contributed by atoms with Gasteiger partial charge in [-0.3, -0.25) is 4.79 Å². The smallest absolute Gasteiger partial charge is 0.228 e. The van der Waals surface area contributed by atoms with Gasteiger partial charge in [0.05, 0.1) is 17.3 Å². The first-order valence-electron chi connectivity index (χ1n) is 6.64. The Labute approximate surface area is 112 Å². The summed E-state index contributed by atoms with van der Waals surface area (Å²) in [5, 5.41) is 9.16. The quantitative estimate of drug-likeness (QED) is 0.782. The molecular weight excluding hydrogens is 245 g/mol. The Morgan fingerprint density at radius 3 is 2.84 bits per heavy atom. The Hall–Kier alpha value is -1.62. The highest BCUT2D eigenvalue weighted by Gasteiger charge is 2.23. The molecule has 19 heavy (non-hydrogen) atoms. The molecule has 0 aliphatic carbocycles. The molecule has 3 N–H and O–H groups in total.